The third-order valence-electron chi connectivity index (χ3n) is 2.79. The average molecular weight is 312 g/mol. The Morgan fingerprint density at radius 2 is 2.00 bits per heavy atom. The maximum Gasteiger partial charge on any atom is 0.337 e. The Kier molecular flexibility index (Phi) is 7.45. The van der Waals surface area contributed by atoms with Crippen molar-refractivity contribution in [2.75, 3.05) is 23.9 Å². The predicted molar refractivity (Wildman–Crippen MR) is 84.3 cm³/mol. The molecule has 1 aromatic carbocycles. The summed E-state index contributed by atoms with van der Waals surface area (Å²) >= 11 is 1.80. The second-order valence-electron chi connectivity index (χ2n) is 4.47. The Labute approximate surface area is 127 Å². The number of urea groups is 1. The normalized spacial score (nSPS) is 10.1. The highest BCUT2D eigenvalue weighted by atomic mass is 32.2. The van der Waals surface area contributed by atoms with Gasteiger partial charge >= 0.3 is 12.0 Å². The molecule has 0 heterocycles. The minimum Gasteiger partial charge on any atom is -0.508 e. The summed E-state index contributed by atoms with van der Waals surface area (Å²) in [5.41, 5.74) is 0.00491. The number of nitrogens with one attached hydrogen (secondary N) is 2. The molecule has 2 amide bonds. The second-order valence-corrected chi connectivity index (χ2v) is 5.45. The lowest BCUT2D eigenvalue weighted by Gasteiger charge is -2.10. The standard InChI is InChI=1S/C14H20N2O4S/c1-21-8-4-2-3-7-15-14(20)16-12-6-5-10(17)9-11(12)13(18)19/h5-6,9,17H,2-4,7-8H2,1H3,(H,18,19)(H2,15,16,20). The van der Waals surface area contributed by atoms with Crippen LogP contribution in [0.1, 0.15) is 29.6 Å². The summed E-state index contributed by atoms with van der Waals surface area (Å²) in [5.74, 6) is -0.257. The summed E-state index contributed by atoms with van der Waals surface area (Å²) in [6.45, 7) is 0.542. The number of phenolic OH excluding ortho intramolecular Hbond substituents is 1. The van der Waals surface area contributed by atoms with Gasteiger partial charge in [-0.05, 0) is 43.0 Å². The topological polar surface area (TPSA) is 98.7 Å². The van der Waals surface area contributed by atoms with Crippen LogP contribution < -0.4 is 10.6 Å². The molecule has 0 saturated heterocycles. The van der Waals surface area contributed by atoms with Gasteiger partial charge in [-0.2, -0.15) is 11.8 Å². The second kappa shape index (κ2) is 9.12. The number of carbonyl (C=O) groups is 2. The van der Waals surface area contributed by atoms with Gasteiger partial charge in [0.25, 0.3) is 0 Å². The molecule has 0 unspecified atom stereocenters. The van der Waals surface area contributed by atoms with Crippen LogP contribution in [0.3, 0.4) is 0 Å². The molecule has 1 aromatic rings. The Morgan fingerprint density at radius 1 is 1.24 bits per heavy atom. The molecule has 1 rings (SSSR count). The van der Waals surface area contributed by atoms with Gasteiger partial charge in [-0.3, -0.25) is 0 Å². The van der Waals surface area contributed by atoms with Crippen LogP contribution in [-0.2, 0) is 0 Å². The third-order valence-corrected chi connectivity index (χ3v) is 3.49. The number of benzene rings is 1. The molecular formula is C14H20N2O4S. The summed E-state index contributed by atoms with van der Waals surface area (Å²) < 4.78 is 0. The van der Waals surface area contributed by atoms with E-state index in [4.69, 9.17) is 5.11 Å². The van der Waals surface area contributed by atoms with Crippen molar-refractivity contribution >= 4 is 29.4 Å². The van der Waals surface area contributed by atoms with Crippen LogP contribution in [0.2, 0.25) is 0 Å². The number of aromatic carboxylic acids is 1. The lowest BCUT2D eigenvalue weighted by Crippen LogP contribution is -2.30. The van der Waals surface area contributed by atoms with E-state index in [1.54, 1.807) is 11.8 Å². The molecule has 0 fully saturated rings. The third kappa shape index (κ3) is 6.40. The van der Waals surface area contributed by atoms with Gasteiger partial charge < -0.3 is 20.8 Å². The van der Waals surface area contributed by atoms with E-state index in [0.717, 1.165) is 31.1 Å². The quantitative estimate of drug-likeness (QED) is 0.437. The van der Waals surface area contributed by atoms with Crippen LogP contribution in [0.4, 0.5) is 10.5 Å². The average Bonchev–Trinajstić information content (AvgIpc) is 2.44. The van der Waals surface area contributed by atoms with Crippen molar-refractivity contribution in [3.8, 4) is 5.75 Å². The fourth-order valence-electron chi connectivity index (χ4n) is 1.73. The van der Waals surface area contributed by atoms with Crippen molar-refractivity contribution in [3.63, 3.8) is 0 Å². The monoisotopic (exact) mass is 312 g/mol. The Hall–Kier alpha value is -1.89. The Bertz CT molecular complexity index is 494. The van der Waals surface area contributed by atoms with Crippen LogP contribution in [-0.4, -0.2) is 40.8 Å². The smallest absolute Gasteiger partial charge is 0.337 e. The number of thioether (sulfide) groups is 1. The van der Waals surface area contributed by atoms with Gasteiger partial charge in [0, 0.05) is 6.54 Å². The number of carbonyl (C=O) groups excluding carboxylic acids is 1. The Morgan fingerprint density at radius 3 is 2.67 bits per heavy atom. The number of amides is 2. The van der Waals surface area contributed by atoms with E-state index in [2.05, 4.69) is 16.9 Å². The van der Waals surface area contributed by atoms with Crippen molar-refractivity contribution in [1.29, 1.82) is 0 Å². The van der Waals surface area contributed by atoms with E-state index >= 15 is 0 Å². The molecule has 0 bridgehead atoms. The van der Waals surface area contributed by atoms with E-state index < -0.39 is 12.0 Å². The van der Waals surface area contributed by atoms with Gasteiger partial charge in [0.15, 0.2) is 0 Å². The summed E-state index contributed by atoms with van der Waals surface area (Å²) in [7, 11) is 0. The number of hydrogen-bond donors (Lipinski definition) is 4. The van der Waals surface area contributed by atoms with Gasteiger partial charge in [-0.15, -0.1) is 0 Å². The largest absolute Gasteiger partial charge is 0.508 e. The summed E-state index contributed by atoms with van der Waals surface area (Å²) in [5, 5.41) is 23.4. The molecule has 0 atom stereocenters. The molecule has 21 heavy (non-hydrogen) atoms. The van der Waals surface area contributed by atoms with Crippen LogP contribution in [0.25, 0.3) is 0 Å². The zero-order chi connectivity index (χ0) is 15.7. The fraction of sp³-hybridized carbons (Fsp3) is 0.429. The van der Waals surface area contributed by atoms with Crippen LogP contribution in [0, 0.1) is 0 Å². The summed E-state index contributed by atoms with van der Waals surface area (Å²) in [4.78, 5) is 22.7. The summed E-state index contributed by atoms with van der Waals surface area (Å²) in [6, 6.07) is 3.33. The van der Waals surface area contributed by atoms with Crippen molar-refractivity contribution in [2.45, 2.75) is 19.3 Å². The highest BCUT2D eigenvalue weighted by Crippen LogP contribution is 2.21. The molecule has 0 aromatic heterocycles. The van der Waals surface area contributed by atoms with E-state index in [9.17, 15) is 14.7 Å². The molecule has 0 radical (unpaired) electrons. The van der Waals surface area contributed by atoms with Crippen molar-refractivity contribution < 1.29 is 19.8 Å². The number of carboxylic acid groups (broad SMARTS) is 1. The molecule has 6 nitrogen and oxygen atoms in total. The number of hydrogen-bond acceptors (Lipinski definition) is 4. The van der Waals surface area contributed by atoms with Crippen molar-refractivity contribution in [3.05, 3.63) is 23.8 Å². The minimum atomic E-state index is -1.21. The number of carboxylic acids is 1. The number of phenols is 1. The number of unbranched alkanes of at least 4 members (excludes halogenated alkanes) is 2. The van der Waals surface area contributed by atoms with Crippen LogP contribution in [0.5, 0.6) is 5.75 Å². The van der Waals surface area contributed by atoms with Crippen molar-refractivity contribution in [1.82, 2.24) is 5.32 Å². The van der Waals surface area contributed by atoms with Crippen LogP contribution in [0.15, 0.2) is 18.2 Å². The minimum absolute atomic E-state index is 0.148. The first-order valence-corrected chi connectivity index (χ1v) is 8.04. The number of anilines is 1. The van der Waals surface area contributed by atoms with E-state index in [-0.39, 0.29) is 17.0 Å². The maximum absolute atomic E-state index is 11.7. The van der Waals surface area contributed by atoms with Gasteiger partial charge in [-0.25, -0.2) is 9.59 Å². The molecule has 0 aliphatic rings. The zero-order valence-corrected chi connectivity index (χ0v) is 12.7. The number of aromatic hydroxyl groups is 1. The highest BCUT2D eigenvalue weighted by molar-refractivity contribution is 7.98. The summed E-state index contributed by atoms with van der Waals surface area (Å²) in [6.07, 6.45) is 5.10. The predicted octanol–water partition coefficient (Wildman–Crippen LogP) is 2.75. The van der Waals surface area contributed by atoms with E-state index in [1.807, 2.05) is 0 Å². The van der Waals surface area contributed by atoms with Gasteiger partial charge in [0.1, 0.15) is 5.75 Å². The van der Waals surface area contributed by atoms with Crippen molar-refractivity contribution in [2.24, 2.45) is 0 Å². The molecule has 116 valence electrons. The SMILES string of the molecule is CSCCCCCNC(=O)Nc1ccc(O)cc1C(=O)O. The highest BCUT2D eigenvalue weighted by Gasteiger charge is 2.13. The molecule has 4 N–H and O–H groups in total. The molecule has 0 aliphatic heterocycles. The first-order chi connectivity index (χ1) is 10.0. The Balaban J connectivity index is 2.43. The first-order valence-electron chi connectivity index (χ1n) is 6.64. The van der Waals surface area contributed by atoms with Gasteiger partial charge in [-0.1, -0.05) is 6.42 Å². The first kappa shape index (κ1) is 17.2. The zero-order valence-electron chi connectivity index (χ0n) is 11.9. The molecule has 0 aliphatic carbocycles. The lowest BCUT2D eigenvalue weighted by atomic mass is 10.1. The van der Waals surface area contributed by atoms with Gasteiger partial charge in [0.2, 0.25) is 0 Å². The molecule has 7 heteroatoms. The molecular weight excluding hydrogens is 292 g/mol. The fourth-order valence-corrected chi connectivity index (χ4v) is 2.23. The molecule has 0 saturated carbocycles. The van der Waals surface area contributed by atoms with Crippen LogP contribution >= 0.6 is 11.8 Å². The maximum atomic E-state index is 11.7. The molecule has 0 spiro atoms. The number of rotatable bonds is 8. The lowest BCUT2D eigenvalue weighted by molar-refractivity contribution is 0.0697. The van der Waals surface area contributed by atoms with Gasteiger partial charge in [0.05, 0.1) is 11.3 Å². The van der Waals surface area contributed by atoms with E-state index in [0.29, 0.717) is 6.54 Å². The van der Waals surface area contributed by atoms with E-state index in [1.165, 1.54) is 12.1 Å².